The third-order valence-electron chi connectivity index (χ3n) is 2.69. The molecule has 1 heterocycles. The SMILES string of the molecule is CC(C)(C)NCc1ccc(COc2cccc(Cl)c2)s1. The molecule has 0 amide bonds. The van der Waals surface area contributed by atoms with Crippen LogP contribution in [0.1, 0.15) is 30.5 Å². The van der Waals surface area contributed by atoms with Crippen molar-refractivity contribution in [3.05, 3.63) is 51.2 Å². The van der Waals surface area contributed by atoms with Gasteiger partial charge in [-0.25, -0.2) is 0 Å². The lowest BCUT2D eigenvalue weighted by atomic mass is 10.1. The standard InChI is InChI=1S/C16H20ClNOS/c1-16(2,3)18-10-14-7-8-15(20-14)11-19-13-6-4-5-12(17)9-13/h4-9,18H,10-11H2,1-3H3. The first-order chi connectivity index (χ1) is 9.42. The van der Waals surface area contributed by atoms with Crippen molar-refractivity contribution in [2.75, 3.05) is 0 Å². The van der Waals surface area contributed by atoms with Gasteiger partial charge in [-0.3, -0.25) is 0 Å². The van der Waals surface area contributed by atoms with Crippen molar-refractivity contribution in [2.45, 2.75) is 39.5 Å². The molecule has 0 aliphatic rings. The molecule has 0 aliphatic heterocycles. The fraction of sp³-hybridized carbons (Fsp3) is 0.375. The van der Waals surface area contributed by atoms with Crippen LogP contribution in [0.4, 0.5) is 0 Å². The Hall–Kier alpha value is -1.03. The Labute approximate surface area is 129 Å². The first-order valence-electron chi connectivity index (χ1n) is 6.63. The largest absolute Gasteiger partial charge is 0.488 e. The molecule has 0 saturated heterocycles. The zero-order chi connectivity index (χ0) is 14.6. The molecule has 0 unspecified atom stereocenters. The van der Waals surface area contributed by atoms with Gasteiger partial charge in [0.25, 0.3) is 0 Å². The van der Waals surface area contributed by atoms with E-state index in [1.54, 1.807) is 11.3 Å². The molecule has 0 saturated carbocycles. The van der Waals surface area contributed by atoms with Crippen LogP contribution < -0.4 is 10.1 Å². The second kappa shape index (κ2) is 6.61. The number of thiophene rings is 1. The number of halogens is 1. The Morgan fingerprint density at radius 2 is 1.90 bits per heavy atom. The zero-order valence-electron chi connectivity index (χ0n) is 12.1. The lowest BCUT2D eigenvalue weighted by molar-refractivity contribution is 0.310. The molecule has 1 N–H and O–H groups in total. The Balaban J connectivity index is 1.87. The predicted molar refractivity (Wildman–Crippen MR) is 86.7 cm³/mol. The Morgan fingerprint density at radius 1 is 1.15 bits per heavy atom. The average Bonchev–Trinajstić information content (AvgIpc) is 2.81. The summed E-state index contributed by atoms with van der Waals surface area (Å²) >= 11 is 7.71. The number of hydrogen-bond donors (Lipinski definition) is 1. The lowest BCUT2D eigenvalue weighted by Gasteiger charge is -2.19. The van der Waals surface area contributed by atoms with E-state index in [1.165, 1.54) is 9.75 Å². The molecule has 1 aromatic carbocycles. The molecular weight excluding hydrogens is 290 g/mol. The van der Waals surface area contributed by atoms with Crippen LogP contribution in [0.25, 0.3) is 0 Å². The van der Waals surface area contributed by atoms with E-state index in [-0.39, 0.29) is 5.54 Å². The topological polar surface area (TPSA) is 21.3 Å². The molecule has 1 aromatic heterocycles. The molecule has 4 heteroatoms. The molecule has 2 nitrogen and oxygen atoms in total. The summed E-state index contributed by atoms with van der Waals surface area (Å²) in [5.74, 6) is 0.806. The minimum Gasteiger partial charge on any atom is -0.488 e. The third kappa shape index (κ3) is 5.16. The maximum Gasteiger partial charge on any atom is 0.122 e. The Bertz CT molecular complexity index is 560. The second-order valence-corrected chi connectivity index (χ2v) is 7.41. The fourth-order valence-electron chi connectivity index (χ4n) is 1.66. The zero-order valence-corrected chi connectivity index (χ0v) is 13.6. The van der Waals surface area contributed by atoms with Crippen molar-refractivity contribution in [1.82, 2.24) is 5.32 Å². The van der Waals surface area contributed by atoms with Gasteiger partial charge in [0.15, 0.2) is 0 Å². The number of ether oxygens (including phenoxy) is 1. The summed E-state index contributed by atoms with van der Waals surface area (Å²) in [4.78, 5) is 2.54. The molecule has 2 aromatic rings. The highest BCUT2D eigenvalue weighted by molar-refractivity contribution is 7.11. The molecular formula is C16H20ClNOS. The lowest BCUT2D eigenvalue weighted by Crippen LogP contribution is -2.34. The average molecular weight is 310 g/mol. The van der Waals surface area contributed by atoms with Crippen molar-refractivity contribution >= 4 is 22.9 Å². The minimum absolute atomic E-state index is 0.140. The van der Waals surface area contributed by atoms with Gasteiger partial charge in [0.05, 0.1) is 0 Å². The van der Waals surface area contributed by atoms with Crippen molar-refractivity contribution in [3.8, 4) is 5.75 Å². The highest BCUT2D eigenvalue weighted by Gasteiger charge is 2.09. The van der Waals surface area contributed by atoms with Gasteiger partial charge in [-0.2, -0.15) is 0 Å². The maximum absolute atomic E-state index is 5.93. The highest BCUT2D eigenvalue weighted by Crippen LogP contribution is 2.22. The normalized spacial score (nSPS) is 11.6. The summed E-state index contributed by atoms with van der Waals surface area (Å²) in [6, 6.07) is 11.8. The van der Waals surface area contributed by atoms with Crippen LogP contribution in [0, 0.1) is 0 Å². The second-order valence-electron chi connectivity index (χ2n) is 5.72. The summed E-state index contributed by atoms with van der Waals surface area (Å²) in [7, 11) is 0. The van der Waals surface area contributed by atoms with E-state index in [4.69, 9.17) is 16.3 Å². The summed E-state index contributed by atoms with van der Waals surface area (Å²) in [5.41, 5.74) is 0.140. The summed E-state index contributed by atoms with van der Waals surface area (Å²) < 4.78 is 5.74. The van der Waals surface area contributed by atoms with Crippen LogP contribution in [-0.2, 0) is 13.2 Å². The van der Waals surface area contributed by atoms with E-state index in [9.17, 15) is 0 Å². The third-order valence-corrected chi connectivity index (χ3v) is 3.98. The molecule has 0 fully saturated rings. The van der Waals surface area contributed by atoms with Gasteiger partial charge < -0.3 is 10.1 Å². The fourth-order valence-corrected chi connectivity index (χ4v) is 2.71. The van der Waals surface area contributed by atoms with Gasteiger partial charge >= 0.3 is 0 Å². The summed E-state index contributed by atoms with van der Waals surface area (Å²) in [6.07, 6.45) is 0. The molecule has 0 radical (unpaired) electrons. The van der Waals surface area contributed by atoms with Crippen LogP contribution in [0.15, 0.2) is 36.4 Å². The highest BCUT2D eigenvalue weighted by atomic mass is 35.5. The first kappa shape index (κ1) is 15.4. The number of benzene rings is 1. The minimum atomic E-state index is 0.140. The van der Waals surface area contributed by atoms with Crippen LogP contribution >= 0.6 is 22.9 Å². The van der Waals surface area contributed by atoms with Crippen LogP contribution in [-0.4, -0.2) is 5.54 Å². The molecule has 108 valence electrons. The quantitative estimate of drug-likeness (QED) is 0.851. The Kier molecular flexibility index (Phi) is 5.08. The van der Waals surface area contributed by atoms with E-state index in [2.05, 4.69) is 38.2 Å². The van der Waals surface area contributed by atoms with Gasteiger partial charge in [0.1, 0.15) is 12.4 Å². The van der Waals surface area contributed by atoms with E-state index < -0.39 is 0 Å². The molecule has 2 rings (SSSR count). The van der Waals surface area contributed by atoms with Crippen molar-refractivity contribution < 1.29 is 4.74 Å². The van der Waals surface area contributed by atoms with E-state index in [0.29, 0.717) is 11.6 Å². The van der Waals surface area contributed by atoms with Gasteiger partial charge in [-0.05, 0) is 51.1 Å². The van der Waals surface area contributed by atoms with Gasteiger partial charge in [-0.1, -0.05) is 17.7 Å². The van der Waals surface area contributed by atoms with E-state index in [0.717, 1.165) is 12.3 Å². The predicted octanol–water partition coefficient (Wildman–Crippen LogP) is 4.87. The number of rotatable bonds is 5. The van der Waals surface area contributed by atoms with Crippen molar-refractivity contribution in [1.29, 1.82) is 0 Å². The monoisotopic (exact) mass is 309 g/mol. The van der Waals surface area contributed by atoms with E-state index >= 15 is 0 Å². The maximum atomic E-state index is 5.93. The number of nitrogens with one attached hydrogen (secondary N) is 1. The number of hydrogen-bond acceptors (Lipinski definition) is 3. The van der Waals surface area contributed by atoms with Crippen LogP contribution in [0.5, 0.6) is 5.75 Å². The molecule has 0 atom stereocenters. The summed E-state index contributed by atoms with van der Waals surface area (Å²) in [6.45, 7) is 7.99. The van der Waals surface area contributed by atoms with Gasteiger partial charge in [-0.15, -0.1) is 11.3 Å². The Morgan fingerprint density at radius 3 is 2.60 bits per heavy atom. The van der Waals surface area contributed by atoms with Crippen LogP contribution in [0.2, 0.25) is 5.02 Å². The molecule has 0 spiro atoms. The van der Waals surface area contributed by atoms with Gasteiger partial charge in [0, 0.05) is 26.9 Å². The van der Waals surface area contributed by atoms with Crippen molar-refractivity contribution in [3.63, 3.8) is 0 Å². The van der Waals surface area contributed by atoms with Crippen molar-refractivity contribution in [2.24, 2.45) is 0 Å². The molecule has 0 bridgehead atoms. The molecule has 20 heavy (non-hydrogen) atoms. The summed E-state index contributed by atoms with van der Waals surface area (Å²) in [5, 5.41) is 4.18. The van der Waals surface area contributed by atoms with Gasteiger partial charge in [0.2, 0.25) is 0 Å². The smallest absolute Gasteiger partial charge is 0.122 e. The van der Waals surface area contributed by atoms with Crippen LogP contribution in [0.3, 0.4) is 0 Å². The van der Waals surface area contributed by atoms with E-state index in [1.807, 2.05) is 24.3 Å². The molecule has 0 aliphatic carbocycles. The first-order valence-corrected chi connectivity index (χ1v) is 7.83.